The van der Waals surface area contributed by atoms with Crippen LogP contribution in [0.3, 0.4) is 0 Å². The van der Waals surface area contributed by atoms with Gasteiger partial charge in [-0.15, -0.1) is 0 Å². The smallest absolute Gasteiger partial charge is 0.172 e. The second kappa shape index (κ2) is 8.09. The molecule has 2 fully saturated rings. The van der Waals surface area contributed by atoms with Gasteiger partial charge in [-0.1, -0.05) is 18.1 Å². The van der Waals surface area contributed by atoms with E-state index in [2.05, 4.69) is 6.08 Å². The maximum Gasteiger partial charge on any atom is 0.172 e. The van der Waals surface area contributed by atoms with Gasteiger partial charge in [0, 0.05) is 0 Å². The Kier molecular flexibility index (Phi) is 6.11. The maximum absolute atomic E-state index is 13.6. The average molecular weight is 430 g/mol. The molecule has 0 saturated heterocycles. The van der Waals surface area contributed by atoms with Crippen LogP contribution in [0.2, 0.25) is 0 Å². The Morgan fingerprint density at radius 1 is 1.00 bits per heavy atom. The van der Waals surface area contributed by atoms with Crippen molar-refractivity contribution in [1.29, 1.82) is 0 Å². The third kappa shape index (κ3) is 4.55. The van der Waals surface area contributed by atoms with E-state index in [4.69, 9.17) is 0 Å². The molecule has 3 heteroatoms. The molecule has 0 unspecified atom stereocenters. The topological polar surface area (TPSA) is 0 Å². The van der Waals surface area contributed by atoms with Gasteiger partial charge < -0.3 is 0 Å². The van der Waals surface area contributed by atoms with Crippen LogP contribution in [0, 0.1) is 21.1 Å². The van der Waals surface area contributed by atoms with Crippen molar-refractivity contribution in [3.63, 3.8) is 0 Å². The first-order valence-corrected chi connectivity index (χ1v) is 10.0. The molecule has 0 radical (unpaired) electrons. The molecular formula is C20H25F2I. The fourth-order valence-corrected chi connectivity index (χ4v) is 4.70. The highest BCUT2D eigenvalue weighted by atomic mass is 127. The van der Waals surface area contributed by atoms with Crippen molar-refractivity contribution < 1.29 is 8.78 Å². The maximum atomic E-state index is 13.6. The van der Waals surface area contributed by atoms with Crippen molar-refractivity contribution in [3.05, 3.63) is 44.5 Å². The molecule has 0 aliphatic heterocycles. The molecule has 23 heavy (non-hydrogen) atoms. The first-order chi connectivity index (χ1) is 11.1. The van der Waals surface area contributed by atoms with Crippen LogP contribution in [0.5, 0.6) is 0 Å². The lowest BCUT2D eigenvalue weighted by Gasteiger charge is -2.28. The van der Waals surface area contributed by atoms with Crippen LogP contribution in [-0.4, -0.2) is 0 Å². The molecule has 0 atom stereocenters. The highest BCUT2D eigenvalue weighted by Crippen LogP contribution is 2.38. The zero-order valence-electron chi connectivity index (χ0n) is 13.6. The molecule has 1 aromatic carbocycles. The van der Waals surface area contributed by atoms with E-state index < -0.39 is 11.6 Å². The number of rotatable bonds is 3. The van der Waals surface area contributed by atoms with Crippen molar-refractivity contribution in [2.45, 2.75) is 70.1 Å². The fraction of sp³-hybridized carbons (Fsp3) is 0.600. The van der Waals surface area contributed by atoms with Crippen molar-refractivity contribution >= 4 is 22.6 Å². The molecule has 0 amide bonds. The second-order valence-electron chi connectivity index (χ2n) is 7.17. The summed E-state index contributed by atoms with van der Waals surface area (Å²) >= 11 is 1.89. The predicted octanol–water partition coefficient (Wildman–Crippen LogP) is 7.12. The van der Waals surface area contributed by atoms with E-state index >= 15 is 0 Å². The zero-order valence-corrected chi connectivity index (χ0v) is 15.7. The lowest BCUT2D eigenvalue weighted by Crippen LogP contribution is -2.13. The summed E-state index contributed by atoms with van der Waals surface area (Å²) in [5, 5.41) is 0. The Labute approximate surface area is 151 Å². The lowest BCUT2D eigenvalue weighted by molar-refractivity contribution is 0.326. The quantitative estimate of drug-likeness (QED) is 0.272. The molecule has 2 aliphatic carbocycles. The number of hydrogen-bond acceptors (Lipinski definition) is 0. The predicted molar refractivity (Wildman–Crippen MR) is 99.6 cm³/mol. The summed E-state index contributed by atoms with van der Waals surface area (Å²) in [6.45, 7) is 0. The van der Waals surface area contributed by atoms with Gasteiger partial charge in [-0.3, -0.25) is 0 Å². The Morgan fingerprint density at radius 3 is 2.35 bits per heavy atom. The molecule has 0 N–H and O–H groups in total. The highest BCUT2D eigenvalue weighted by molar-refractivity contribution is 14.1. The summed E-state index contributed by atoms with van der Waals surface area (Å²) in [6, 6.07) is 3.24. The first-order valence-electron chi connectivity index (χ1n) is 8.96. The minimum Gasteiger partial charge on any atom is -0.204 e. The third-order valence-corrected chi connectivity index (χ3v) is 6.34. The van der Waals surface area contributed by atoms with E-state index in [0.717, 1.165) is 24.3 Å². The molecule has 0 heterocycles. The van der Waals surface area contributed by atoms with E-state index in [9.17, 15) is 8.78 Å². The van der Waals surface area contributed by atoms with Crippen LogP contribution in [0.4, 0.5) is 8.78 Å². The molecule has 2 aliphatic rings. The van der Waals surface area contributed by atoms with E-state index in [1.54, 1.807) is 5.57 Å². The second-order valence-corrected chi connectivity index (χ2v) is 8.34. The zero-order chi connectivity index (χ0) is 16.2. The lowest BCUT2D eigenvalue weighted by atomic mass is 9.77. The van der Waals surface area contributed by atoms with Gasteiger partial charge in [-0.25, -0.2) is 8.78 Å². The van der Waals surface area contributed by atoms with Gasteiger partial charge >= 0.3 is 0 Å². The Morgan fingerprint density at radius 2 is 1.70 bits per heavy atom. The van der Waals surface area contributed by atoms with Crippen LogP contribution in [0.1, 0.15) is 75.7 Å². The molecule has 2 saturated carbocycles. The monoisotopic (exact) mass is 430 g/mol. The minimum atomic E-state index is -0.706. The van der Waals surface area contributed by atoms with Crippen molar-refractivity contribution in [1.82, 2.24) is 0 Å². The summed E-state index contributed by atoms with van der Waals surface area (Å²) < 4.78 is 27.4. The van der Waals surface area contributed by atoms with E-state index in [1.807, 2.05) is 28.7 Å². The van der Waals surface area contributed by atoms with Crippen molar-refractivity contribution in [2.24, 2.45) is 5.92 Å². The number of halogens is 3. The first kappa shape index (κ1) is 17.4. The van der Waals surface area contributed by atoms with Gasteiger partial charge in [0.1, 0.15) is 0 Å². The van der Waals surface area contributed by atoms with Crippen LogP contribution in [0.25, 0.3) is 0 Å². The molecular weight excluding hydrogens is 405 g/mol. The molecule has 1 aromatic rings. The fourth-order valence-electron chi connectivity index (χ4n) is 4.09. The number of benzene rings is 1. The summed E-state index contributed by atoms with van der Waals surface area (Å²) in [6.07, 6.45) is 15.1. The van der Waals surface area contributed by atoms with Gasteiger partial charge in [-0.2, -0.15) is 0 Å². The highest BCUT2D eigenvalue weighted by Gasteiger charge is 2.23. The van der Waals surface area contributed by atoms with Crippen LogP contribution >= 0.6 is 22.6 Å². The van der Waals surface area contributed by atoms with Gasteiger partial charge in [0.25, 0.3) is 0 Å². The van der Waals surface area contributed by atoms with E-state index in [1.165, 1.54) is 57.4 Å². The Hall–Kier alpha value is -0.450. The van der Waals surface area contributed by atoms with Gasteiger partial charge in [0.15, 0.2) is 11.6 Å². The molecule has 126 valence electrons. The van der Waals surface area contributed by atoms with Crippen LogP contribution in [-0.2, 0) is 0 Å². The third-order valence-electron chi connectivity index (χ3n) is 5.56. The molecule has 0 nitrogen and oxygen atoms in total. The average Bonchev–Trinajstić information content (AvgIpc) is 2.59. The number of allylic oxidation sites excluding steroid dienone is 2. The summed E-state index contributed by atoms with van der Waals surface area (Å²) in [5.41, 5.74) is 2.66. The van der Waals surface area contributed by atoms with Crippen LogP contribution < -0.4 is 0 Å². The molecule has 0 spiro atoms. The van der Waals surface area contributed by atoms with Gasteiger partial charge in [0.05, 0.1) is 3.57 Å². The normalized spacial score (nSPS) is 25.4. The summed E-state index contributed by atoms with van der Waals surface area (Å²) in [5.74, 6) is -0.222. The van der Waals surface area contributed by atoms with E-state index in [0.29, 0.717) is 9.49 Å². The Balaban J connectivity index is 1.54. The van der Waals surface area contributed by atoms with Crippen LogP contribution in [0.15, 0.2) is 23.8 Å². The van der Waals surface area contributed by atoms with Gasteiger partial charge in [-0.05, 0) is 110 Å². The molecule has 0 bridgehead atoms. The van der Waals surface area contributed by atoms with E-state index in [-0.39, 0.29) is 0 Å². The van der Waals surface area contributed by atoms with Crippen molar-refractivity contribution in [2.75, 3.05) is 0 Å². The largest absolute Gasteiger partial charge is 0.204 e. The Bertz CT molecular complexity index is 540. The SMILES string of the molecule is Fc1cc([C@H]2CC[C@@H](CC=C3CCCCC3)CC2)cc(I)c1F. The number of hydrogen-bond donors (Lipinski definition) is 0. The standard InChI is InChI=1S/C20H25F2I/c21-18-12-17(13-19(23)20(18)22)16-10-8-15(9-11-16)7-6-14-4-2-1-3-5-14/h6,12-13,15-16H,1-5,7-11H2/t15-,16+. The summed E-state index contributed by atoms with van der Waals surface area (Å²) in [7, 11) is 0. The molecule has 3 rings (SSSR count). The summed E-state index contributed by atoms with van der Waals surface area (Å²) in [4.78, 5) is 0. The molecule has 0 aromatic heterocycles. The van der Waals surface area contributed by atoms with Gasteiger partial charge in [0.2, 0.25) is 0 Å². The van der Waals surface area contributed by atoms with Crippen molar-refractivity contribution in [3.8, 4) is 0 Å². The minimum absolute atomic E-state index is 0.400.